The number of rotatable bonds is 2. The molecule has 2 fully saturated rings. The van der Waals surface area contributed by atoms with Crippen LogP contribution in [0.3, 0.4) is 0 Å². The van der Waals surface area contributed by atoms with Gasteiger partial charge in [-0.3, -0.25) is 0 Å². The molecule has 2 saturated heterocycles. The first-order chi connectivity index (χ1) is 8.81. The highest BCUT2D eigenvalue weighted by Crippen LogP contribution is 2.35. The van der Waals surface area contributed by atoms with Gasteiger partial charge in [0.05, 0.1) is 13.2 Å². The zero-order valence-corrected chi connectivity index (χ0v) is 13.2. The van der Waals surface area contributed by atoms with Gasteiger partial charge in [-0.2, -0.15) is 0 Å². The Hall–Kier alpha value is -0.120. The van der Waals surface area contributed by atoms with E-state index in [4.69, 9.17) is 10.5 Å². The standard InChI is InChI=1S/C16H32N2O/c1-15(2,3)13-6-5-8-18(9-7-13)11-16(4)12-19-10-14(16)17/h13-14H,5-12,17H2,1-4H3. The maximum atomic E-state index is 6.21. The lowest BCUT2D eigenvalue weighted by atomic mass is 9.77. The van der Waals surface area contributed by atoms with Crippen molar-refractivity contribution in [2.45, 2.75) is 53.0 Å². The van der Waals surface area contributed by atoms with Crippen LogP contribution in [0.1, 0.15) is 47.0 Å². The molecule has 3 unspecified atom stereocenters. The average molecular weight is 268 g/mol. The molecule has 3 atom stereocenters. The van der Waals surface area contributed by atoms with Crippen LogP contribution < -0.4 is 5.73 Å². The second-order valence-electron chi connectivity index (χ2n) is 8.05. The van der Waals surface area contributed by atoms with Crippen molar-refractivity contribution in [2.24, 2.45) is 22.5 Å². The van der Waals surface area contributed by atoms with E-state index in [0.29, 0.717) is 5.41 Å². The summed E-state index contributed by atoms with van der Waals surface area (Å²) in [7, 11) is 0. The van der Waals surface area contributed by atoms with E-state index in [-0.39, 0.29) is 11.5 Å². The number of nitrogens with two attached hydrogens (primary N) is 1. The Balaban J connectivity index is 1.89. The number of hydrogen-bond donors (Lipinski definition) is 1. The molecule has 3 heteroatoms. The second kappa shape index (κ2) is 5.71. The van der Waals surface area contributed by atoms with E-state index < -0.39 is 0 Å². The molecule has 0 spiro atoms. The molecule has 0 bridgehead atoms. The molecule has 0 amide bonds. The molecule has 0 aliphatic carbocycles. The molecule has 2 aliphatic rings. The Morgan fingerprint density at radius 3 is 2.58 bits per heavy atom. The van der Waals surface area contributed by atoms with Crippen LogP contribution >= 0.6 is 0 Å². The van der Waals surface area contributed by atoms with E-state index in [2.05, 4.69) is 32.6 Å². The number of hydrogen-bond acceptors (Lipinski definition) is 3. The molecule has 2 aliphatic heterocycles. The van der Waals surface area contributed by atoms with Gasteiger partial charge in [-0.15, -0.1) is 0 Å². The van der Waals surface area contributed by atoms with Gasteiger partial charge in [0.1, 0.15) is 0 Å². The third kappa shape index (κ3) is 3.71. The molecule has 112 valence electrons. The Labute approximate surface area is 118 Å². The second-order valence-corrected chi connectivity index (χ2v) is 8.05. The van der Waals surface area contributed by atoms with E-state index in [1.54, 1.807) is 0 Å². The highest BCUT2D eigenvalue weighted by atomic mass is 16.5. The fraction of sp³-hybridized carbons (Fsp3) is 1.00. The van der Waals surface area contributed by atoms with E-state index in [1.165, 1.54) is 32.4 Å². The Bertz CT molecular complexity index is 300. The summed E-state index contributed by atoms with van der Waals surface area (Å²) in [6.07, 6.45) is 4.03. The third-order valence-electron chi connectivity index (χ3n) is 5.25. The molecule has 0 saturated carbocycles. The summed E-state index contributed by atoms with van der Waals surface area (Å²) < 4.78 is 5.57. The van der Waals surface area contributed by atoms with Crippen LogP contribution in [0.5, 0.6) is 0 Å². The predicted octanol–water partition coefficient (Wildman–Crippen LogP) is 2.50. The molecule has 19 heavy (non-hydrogen) atoms. The van der Waals surface area contributed by atoms with Crippen LogP contribution in [0.2, 0.25) is 0 Å². The third-order valence-corrected chi connectivity index (χ3v) is 5.25. The molecule has 2 N–H and O–H groups in total. The van der Waals surface area contributed by atoms with Gasteiger partial charge in [-0.1, -0.05) is 27.7 Å². The van der Waals surface area contributed by atoms with Gasteiger partial charge in [0.2, 0.25) is 0 Å². The molecule has 2 heterocycles. The molecule has 0 aromatic heterocycles. The molecule has 0 radical (unpaired) electrons. The van der Waals surface area contributed by atoms with E-state index in [9.17, 15) is 0 Å². The fourth-order valence-corrected chi connectivity index (χ4v) is 3.58. The van der Waals surface area contributed by atoms with Crippen molar-refractivity contribution in [3.63, 3.8) is 0 Å². The highest BCUT2D eigenvalue weighted by Gasteiger charge is 2.39. The maximum absolute atomic E-state index is 6.21. The molecule has 3 nitrogen and oxygen atoms in total. The largest absolute Gasteiger partial charge is 0.379 e. The van der Waals surface area contributed by atoms with Crippen LogP contribution in [0.15, 0.2) is 0 Å². The molecular weight excluding hydrogens is 236 g/mol. The minimum atomic E-state index is 0.154. The summed E-state index contributed by atoms with van der Waals surface area (Å²) in [4.78, 5) is 2.63. The van der Waals surface area contributed by atoms with Gasteiger partial charge in [0.15, 0.2) is 0 Å². The van der Waals surface area contributed by atoms with Crippen molar-refractivity contribution in [2.75, 3.05) is 32.8 Å². The van der Waals surface area contributed by atoms with Crippen LogP contribution in [0.25, 0.3) is 0 Å². The van der Waals surface area contributed by atoms with E-state index in [0.717, 1.165) is 25.7 Å². The SMILES string of the molecule is CC(C)(C)C1CCCN(CC2(C)COCC2N)CC1. The summed E-state index contributed by atoms with van der Waals surface area (Å²) in [6, 6.07) is 0.203. The summed E-state index contributed by atoms with van der Waals surface area (Å²) in [5.74, 6) is 0.860. The smallest absolute Gasteiger partial charge is 0.0624 e. The van der Waals surface area contributed by atoms with Crippen molar-refractivity contribution in [1.82, 2.24) is 4.90 Å². The van der Waals surface area contributed by atoms with Gasteiger partial charge >= 0.3 is 0 Å². The lowest BCUT2D eigenvalue weighted by Gasteiger charge is -2.34. The highest BCUT2D eigenvalue weighted by molar-refractivity contribution is 4.93. The first-order valence-corrected chi connectivity index (χ1v) is 7.87. The lowest BCUT2D eigenvalue weighted by molar-refractivity contribution is 0.118. The van der Waals surface area contributed by atoms with E-state index in [1.807, 2.05) is 0 Å². The summed E-state index contributed by atoms with van der Waals surface area (Å²) in [5.41, 5.74) is 6.82. The summed E-state index contributed by atoms with van der Waals surface area (Å²) in [5, 5.41) is 0. The number of likely N-dealkylation sites (tertiary alicyclic amines) is 1. The van der Waals surface area contributed by atoms with Gasteiger partial charge in [-0.05, 0) is 43.7 Å². The van der Waals surface area contributed by atoms with Gasteiger partial charge in [-0.25, -0.2) is 0 Å². The van der Waals surface area contributed by atoms with Crippen LogP contribution in [-0.4, -0.2) is 43.8 Å². The predicted molar refractivity (Wildman–Crippen MR) is 80.1 cm³/mol. The summed E-state index contributed by atoms with van der Waals surface area (Å²) in [6.45, 7) is 14.6. The van der Waals surface area contributed by atoms with Crippen LogP contribution in [0.4, 0.5) is 0 Å². The zero-order valence-electron chi connectivity index (χ0n) is 13.2. The molecular formula is C16H32N2O. The fourth-order valence-electron chi connectivity index (χ4n) is 3.58. The molecule has 0 aromatic rings. The minimum Gasteiger partial charge on any atom is -0.379 e. The van der Waals surface area contributed by atoms with Crippen molar-refractivity contribution in [3.8, 4) is 0 Å². The Morgan fingerprint density at radius 2 is 2.00 bits per heavy atom. The summed E-state index contributed by atoms with van der Waals surface area (Å²) >= 11 is 0. The van der Waals surface area contributed by atoms with Crippen LogP contribution in [0, 0.1) is 16.7 Å². The van der Waals surface area contributed by atoms with Crippen molar-refractivity contribution in [3.05, 3.63) is 0 Å². The number of nitrogens with zero attached hydrogens (tertiary/aromatic N) is 1. The lowest BCUT2D eigenvalue weighted by Crippen LogP contribution is -2.47. The Morgan fingerprint density at radius 1 is 1.26 bits per heavy atom. The maximum Gasteiger partial charge on any atom is 0.0624 e. The van der Waals surface area contributed by atoms with Crippen molar-refractivity contribution in [1.29, 1.82) is 0 Å². The van der Waals surface area contributed by atoms with Crippen LogP contribution in [-0.2, 0) is 4.74 Å². The first-order valence-electron chi connectivity index (χ1n) is 7.87. The average Bonchev–Trinajstić information content (AvgIpc) is 2.53. The monoisotopic (exact) mass is 268 g/mol. The van der Waals surface area contributed by atoms with Crippen molar-refractivity contribution < 1.29 is 4.74 Å². The van der Waals surface area contributed by atoms with Crippen molar-refractivity contribution >= 4 is 0 Å². The first kappa shape index (κ1) is 15.3. The normalized spacial score (nSPS) is 38.4. The topological polar surface area (TPSA) is 38.5 Å². The van der Waals surface area contributed by atoms with Gasteiger partial charge in [0.25, 0.3) is 0 Å². The van der Waals surface area contributed by atoms with E-state index >= 15 is 0 Å². The number of ether oxygens (including phenoxy) is 1. The molecule has 0 aromatic carbocycles. The quantitative estimate of drug-likeness (QED) is 0.836. The zero-order chi connectivity index (χ0) is 14.1. The van der Waals surface area contributed by atoms with Gasteiger partial charge < -0.3 is 15.4 Å². The Kier molecular flexibility index (Phi) is 4.59. The molecule has 2 rings (SSSR count). The van der Waals surface area contributed by atoms with Gasteiger partial charge in [0, 0.05) is 18.0 Å². The minimum absolute atomic E-state index is 0.154.